The number of nitrogen functional groups attached to an aromatic ring is 1. The molecule has 1 amide bonds. The lowest BCUT2D eigenvalue weighted by atomic mass is 10.0. The summed E-state index contributed by atoms with van der Waals surface area (Å²) in [4.78, 5) is 15.0. The molecule has 0 aliphatic heterocycles. The molecule has 0 aliphatic carbocycles. The Kier molecular flexibility index (Phi) is 9.49. The molecule has 0 spiro atoms. The Labute approximate surface area is 239 Å². The predicted molar refractivity (Wildman–Crippen MR) is 154 cm³/mol. The molecular formula is C27H33ClFN5O3SSi. The van der Waals surface area contributed by atoms with Crippen molar-refractivity contribution in [2.45, 2.75) is 69.4 Å². The van der Waals surface area contributed by atoms with Crippen LogP contribution in [-0.2, 0) is 24.3 Å². The van der Waals surface area contributed by atoms with Gasteiger partial charge in [-0.25, -0.2) is 4.39 Å². The lowest BCUT2D eigenvalue weighted by molar-refractivity contribution is -0.132. The van der Waals surface area contributed by atoms with E-state index < -0.39 is 30.8 Å². The summed E-state index contributed by atoms with van der Waals surface area (Å²) >= 11 is 11.1. The summed E-state index contributed by atoms with van der Waals surface area (Å²) < 4.78 is 20.0. The largest absolute Gasteiger partial charge is 0.406 e. The van der Waals surface area contributed by atoms with Gasteiger partial charge in [0, 0.05) is 22.9 Å². The summed E-state index contributed by atoms with van der Waals surface area (Å²) in [5.74, 6) is -1.05. The third kappa shape index (κ3) is 7.19. The van der Waals surface area contributed by atoms with Gasteiger partial charge in [-0.15, -0.1) is 5.10 Å². The summed E-state index contributed by atoms with van der Waals surface area (Å²) in [7, 11) is -2.05. The van der Waals surface area contributed by atoms with Crippen LogP contribution in [0.4, 0.5) is 10.4 Å². The average molecular weight is 590 g/mol. The molecule has 2 unspecified atom stereocenters. The van der Waals surface area contributed by atoms with Crippen LogP contribution in [-0.4, -0.2) is 39.9 Å². The van der Waals surface area contributed by atoms with E-state index in [0.717, 1.165) is 11.6 Å². The van der Waals surface area contributed by atoms with E-state index >= 15 is 0 Å². The molecule has 208 valence electrons. The number of nitrogens with two attached hydrogens (primary N) is 1. The Morgan fingerprint density at radius 2 is 1.95 bits per heavy atom. The molecule has 2 aromatic carbocycles. The molecule has 39 heavy (non-hydrogen) atoms. The van der Waals surface area contributed by atoms with Crippen molar-refractivity contribution in [1.29, 1.82) is 5.26 Å². The maximum Gasteiger partial charge on any atom is 0.312 e. The average Bonchev–Trinajstić information content (AvgIpc) is 3.28. The fourth-order valence-electron chi connectivity index (χ4n) is 3.87. The molecule has 3 N–H and O–H groups in total. The molecule has 2 atom stereocenters. The van der Waals surface area contributed by atoms with E-state index in [1.165, 1.54) is 17.0 Å². The maximum absolute atomic E-state index is 14.7. The molecule has 0 saturated heterocycles. The van der Waals surface area contributed by atoms with Crippen molar-refractivity contribution in [3.63, 3.8) is 0 Å². The number of anilines is 1. The highest BCUT2D eigenvalue weighted by molar-refractivity contribution is 7.81. The first-order chi connectivity index (χ1) is 18.1. The van der Waals surface area contributed by atoms with Crippen molar-refractivity contribution in [3.8, 4) is 6.07 Å². The van der Waals surface area contributed by atoms with Crippen molar-refractivity contribution >= 4 is 44.2 Å². The summed E-state index contributed by atoms with van der Waals surface area (Å²) in [5.41, 5.74) is 6.66. The molecule has 12 heteroatoms. The van der Waals surface area contributed by atoms with Crippen LogP contribution in [0.1, 0.15) is 54.2 Å². The third-order valence-corrected chi connectivity index (χ3v) is 14.0. The van der Waals surface area contributed by atoms with Gasteiger partial charge in [0.15, 0.2) is 0 Å². The number of nitrogens with zero attached hydrogens (tertiary/aromatic N) is 4. The number of aromatic nitrogens is 2. The summed E-state index contributed by atoms with van der Waals surface area (Å²) in [6.07, 6.45) is 0.413. The third-order valence-electron chi connectivity index (χ3n) is 7.45. The van der Waals surface area contributed by atoms with Crippen molar-refractivity contribution < 1.29 is 18.7 Å². The number of halogens is 2. The van der Waals surface area contributed by atoms with Gasteiger partial charge < -0.3 is 20.2 Å². The normalized spacial score (nSPS) is 13.5. The highest BCUT2D eigenvalue weighted by Crippen LogP contribution is 2.39. The second-order valence-electron chi connectivity index (χ2n) is 11.1. The molecule has 0 aliphatic rings. The molecule has 0 radical (unpaired) electrons. The maximum atomic E-state index is 14.7. The van der Waals surface area contributed by atoms with E-state index in [-0.39, 0.29) is 41.2 Å². The van der Waals surface area contributed by atoms with Crippen molar-refractivity contribution in [1.82, 2.24) is 15.1 Å². The number of rotatable bonds is 9. The number of aliphatic hydroxyl groups excluding tert-OH is 1. The van der Waals surface area contributed by atoms with Crippen LogP contribution in [0.15, 0.2) is 40.8 Å². The molecule has 0 fully saturated rings. The summed E-state index contributed by atoms with van der Waals surface area (Å²) in [5, 5.41) is 26.9. The van der Waals surface area contributed by atoms with Crippen LogP contribution >= 0.6 is 24.2 Å². The van der Waals surface area contributed by atoms with Gasteiger partial charge in [0.25, 0.3) is 0 Å². The topological polar surface area (TPSA) is 129 Å². The first kappa shape index (κ1) is 30.6. The van der Waals surface area contributed by atoms with Gasteiger partial charge in [0.2, 0.25) is 11.8 Å². The summed E-state index contributed by atoms with van der Waals surface area (Å²) in [6.45, 7) is 10.4. The minimum Gasteiger partial charge on any atom is -0.406 e. The minimum absolute atomic E-state index is 0.0108. The predicted octanol–water partition coefficient (Wildman–Crippen LogP) is 5.47. The first-order valence-electron chi connectivity index (χ1n) is 12.3. The fraction of sp³-hybridized carbons (Fsp3) is 0.407. The lowest BCUT2D eigenvalue weighted by Crippen LogP contribution is -2.50. The van der Waals surface area contributed by atoms with E-state index in [1.807, 2.05) is 12.1 Å². The van der Waals surface area contributed by atoms with Crippen LogP contribution in [0, 0.1) is 17.1 Å². The van der Waals surface area contributed by atoms with Crippen molar-refractivity contribution in [2.24, 2.45) is 0 Å². The van der Waals surface area contributed by atoms with E-state index in [9.17, 15) is 14.3 Å². The van der Waals surface area contributed by atoms with Gasteiger partial charge in [-0.05, 0) is 40.8 Å². The number of benzene rings is 2. The second-order valence-corrected chi connectivity index (χ2v) is 17.6. The zero-order valence-corrected chi connectivity index (χ0v) is 25.2. The van der Waals surface area contributed by atoms with Crippen LogP contribution in [0.5, 0.6) is 0 Å². The van der Waals surface area contributed by atoms with Crippen LogP contribution in [0.2, 0.25) is 23.2 Å². The number of hydrogen-bond donors (Lipinski definition) is 3. The number of hydrogen-bond acceptors (Lipinski definition) is 8. The molecule has 3 aromatic rings. The van der Waals surface area contributed by atoms with E-state index in [4.69, 9.17) is 27.0 Å². The number of carbonyl (C=O) groups excluding carboxylic acids is 1. The molecule has 1 heterocycles. The Hall–Kier alpha value is -2.91. The Bertz CT molecular complexity index is 1390. The fourth-order valence-corrected chi connectivity index (χ4v) is 6.30. The first-order valence-corrected chi connectivity index (χ1v) is 16.3. The minimum atomic E-state index is -2.05. The highest BCUT2D eigenvalue weighted by Gasteiger charge is 2.41. The standard InChI is InChI=1S/C27H33ClFN5O3SSi/c1-27(2,3)39(4,5)23(35)12-16-7-9-20(28)19(10-16)24(38)25(36)34(15-22-32-33-26(31)37-22)14-18-8-6-17(13-30)11-21(18)29/h6-11,23-24,35,38H,12,14-15H2,1-5H3,(H2,31,33). The van der Waals surface area contributed by atoms with Crippen LogP contribution in [0.25, 0.3) is 0 Å². The molecule has 0 bridgehead atoms. The number of nitriles is 1. The SMILES string of the molecule is CC(C)(C)[Si](C)(C)C(O)Cc1ccc(Cl)c(C(S)C(=O)N(Cc2nnc(N)o2)Cc2ccc(C#N)cc2F)c1. The van der Waals surface area contributed by atoms with Gasteiger partial charge in [-0.1, -0.05) is 68.8 Å². The number of aliphatic hydroxyl groups is 1. The van der Waals surface area contributed by atoms with Gasteiger partial charge in [0.05, 0.1) is 26.3 Å². The van der Waals surface area contributed by atoms with Gasteiger partial charge in [-0.2, -0.15) is 17.9 Å². The van der Waals surface area contributed by atoms with Crippen LogP contribution in [0.3, 0.4) is 0 Å². The molecule has 1 aromatic heterocycles. The quantitative estimate of drug-likeness (QED) is 0.223. The molecule has 0 saturated carbocycles. The zero-order chi connectivity index (χ0) is 29.1. The van der Waals surface area contributed by atoms with Crippen molar-refractivity contribution in [3.05, 3.63) is 75.4 Å². The van der Waals surface area contributed by atoms with Crippen molar-refractivity contribution in [2.75, 3.05) is 5.73 Å². The molecule has 8 nitrogen and oxygen atoms in total. The number of amides is 1. The lowest BCUT2D eigenvalue weighted by Gasteiger charge is -2.40. The Morgan fingerprint density at radius 1 is 1.26 bits per heavy atom. The molecule has 3 rings (SSSR count). The smallest absolute Gasteiger partial charge is 0.312 e. The van der Waals surface area contributed by atoms with Gasteiger partial charge in [0.1, 0.15) is 11.1 Å². The summed E-state index contributed by atoms with van der Waals surface area (Å²) in [6, 6.07) is 11.0. The Morgan fingerprint density at radius 3 is 2.51 bits per heavy atom. The Balaban J connectivity index is 1.91. The number of thiol groups is 1. The number of carbonyl (C=O) groups is 1. The van der Waals surface area contributed by atoms with Gasteiger partial charge >= 0.3 is 6.01 Å². The van der Waals surface area contributed by atoms with E-state index in [1.54, 1.807) is 12.1 Å². The zero-order valence-electron chi connectivity index (χ0n) is 22.6. The van der Waals surface area contributed by atoms with Gasteiger partial charge in [-0.3, -0.25) is 4.79 Å². The second kappa shape index (κ2) is 12.1. The highest BCUT2D eigenvalue weighted by atomic mass is 35.5. The van der Waals surface area contributed by atoms with Crippen LogP contribution < -0.4 is 5.73 Å². The van der Waals surface area contributed by atoms with E-state index in [2.05, 4.69) is 56.7 Å². The monoisotopic (exact) mass is 589 g/mol. The van der Waals surface area contributed by atoms with E-state index in [0.29, 0.717) is 17.0 Å². The molecular weight excluding hydrogens is 557 g/mol.